The van der Waals surface area contributed by atoms with Crippen LogP contribution in [0.15, 0.2) is 0 Å². The van der Waals surface area contributed by atoms with Crippen LogP contribution < -0.4 is 0 Å². The molecule has 0 aromatic rings. The molecule has 0 heterocycles. The van der Waals surface area contributed by atoms with Crippen LogP contribution in [-0.2, 0) is 0 Å². The molecule has 0 saturated heterocycles. The summed E-state index contributed by atoms with van der Waals surface area (Å²) < 4.78 is 139. The Kier molecular flexibility index (Phi) is 7.05. The SMILES string of the molecule is CC(F)(CC(CCI)CC(F)(C(F)(F)F)C(F)(F)F)C(F)(F)F. The molecule has 0 nitrogen and oxygen atoms in total. The van der Waals surface area contributed by atoms with E-state index in [1.165, 1.54) is 22.6 Å². The second kappa shape index (κ2) is 7.06. The Labute approximate surface area is 137 Å². The molecule has 0 aromatic heterocycles. The van der Waals surface area contributed by atoms with E-state index < -0.39 is 55.0 Å². The van der Waals surface area contributed by atoms with Crippen molar-refractivity contribution in [3.05, 3.63) is 0 Å². The van der Waals surface area contributed by atoms with Crippen molar-refractivity contribution in [3.8, 4) is 0 Å². The van der Waals surface area contributed by atoms with E-state index in [4.69, 9.17) is 0 Å². The molecular formula is C11H12F11I. The summed E-state index contributed by atoms with van der Waals surface area (Å²) in [5.74, 6) is -2.10. The molecule has 2 unspecified atom stereocenters. The Morgan fingerprint density at radius 2 is 1.09 bits per heavy atom. The molecule has 0 amide bonds. The number of hydrogen-bond acceptors (Lipinski definition) is 0. The first kappa shape index (κ1) is 23.0. The maximum absolute atomic E-state index is 13.6. The smallest absolute Gasteiger partial charge is 0.234 e. The summed E-state index contributed by atoms with van der Waals surface area (Å²) in [5.41, 5.74) is -9.72. The molecule has 2 atom stereocenters. The monoisotopic (exact) mass is 480 g/mol. The Balaban J connectivity index is 5.57. The van der Waals surface area contributed by atoms with Gasteiger partial charge in [0.05, 0.1) is 0 Å². The summed E-state index contributed by atoms with van der Waals surface area (Å²) in [6, 6.07) is 0. The van der Waals surface area contributed by atoms with E-state index in [-0.39, 0.29) is 11.4 Å². The van der Waals surface area contributed by atoms with Gasteiger partial charge in [-0.15, -0.1) is 0 Å². The topological polar surface area (TPSA) is 0 Å². The average molecular weight is 480 g/mol. The first-order valence-corrected chi connectivity index (χ1v) is 7.55. The van der Waals surface area contributed by atoms with Crippen LogP contribution in [0.25, 0.3) is 0 Å². The molecule has 0 spiro atoms. The highest BCUT2D eigenvalue weighted by molar-refractivity contribution is 14.1. The van der Waals surface area contributed by atoms with Crippen LogP contribution in [0.1, 0.15) is 26.2 Å². The fraction of sp³-hybridized carbons (Fsp3) is 1.00. The summed E-state index contributed by atoms with van der Waals surface area (Å²) >= 11 is 1.48. The van der Waals surface area contributed by atoms with Crippen LogP contribution in [0.3, 0.4) is 0 Å². The van der Waals surface area contributed by atoms with Gasteiger partial charge in [-0.05, 0) is 30.1 Å². The molecule has 0 bridgehead atoms. The van der Waals surface area contributed by atoms with E-state index >= 15 is 0 Å². The Morgan fingerprint density at radius 1 is 0.696 bits per heavy atom. The highest BCUT2D eigenvalue weighted by atomic mass is 127. The van der Waals surface area contributed by atoms with Crippen LogP contribution in [0.5, 0.6) is 0 Å². The van der Waals surface area contributed by atoms with Gasteiger partial charge in [0.1, 0.15) is 0 Å². The van der Waals surface area contributed by atoms with E-state index in [2.05, 4.69) is 0 Å². The van der Waals surface area contributed by atoms with Gasteiger partial charge in [-0.3, -0.25) is 0 Å². The molecule has 0 aromatic carbocycles. The molecule has 0 aliphatic rings. The highest BCUT2D eigenvalue weighted by Crippen LogP contribution is 2.52. The van der Waals surface area contributed by atoms with Gasteiger partial charge in [0.25, 0.3) is 5.67 Å². The summed E-state index contributed by atoms with van der Waals surface area (Å²) in [7, 11) is 0. The predicted molar refractivity (Wildman–Crippen MR) is 67.7 cm³/mol. The largest absolute Gasteiger partial charge is 0.431 e. The van der Waals surface area contributed by atoms with Gasteiger partial charge < -0.3 is 0 Å². The van der Waals surface area contributed by atoms with Crippen LogP contribution in [0.4, 0.5) is 48.3 Å². The molecule has 140 valence electrons. The molecule has 12 heteroatoms. The van der Waals surface area contributed by atoms with E-state index in [0.717, 1.165) is 0 Å². The van der Waals surface area contributed by atoms with Crippen molar-refractivity contribution in [2.75, 3.05) is 4.43 Å². The summed E-state index contributed by atoms with van der Waals surface area (Å²) in [6.45, 7) is -0.00567. The van der Waals surface area contributed by atoms with Crippen LogP contribution in [-0.4, -0.2) is 34.3 Å². The highest BCUT2D eigenvalue weighted by Gasteiger charge is 2.72. The maximum Gasteiger partial charge on any atom is 0.431 e. The first-order chi connectivity index (χ1) is 9.89. The van der Waals surface area contributed by atoms with Crippen molar-refractivity contribution in [1.29, 1.82) is 0 Å². The lowest BCUT2D eigenvalue weighted by Gasteiger charge is -2.35. The second-order valence-corrected chi connectivity index (χ2v) is 6.32. The molecule has 0 rings (SSSR count). The van der Waals surface area contributed by atoms with Crippen molar-refractivity contribution in [2.24, 2.45) is 5.92 Å². The Bertz CT molecular complexity index is 365. The molecular weight excluding hydrogens is 468 g/mol. The summed E-state index contributed by atoms with van der Waals surface area (Å²) in [6.07, 6.45) is -22.9. The lowest BCUT2D eigenvalue weighted by Crippen LogP contribution is -2.54. The van der Waals surface area contributed by atoms with E-state index in [1.54, 1.807) is 0 Å². The van der Waals surface area contributed by atoms with Gasteiger partial charge in [-0.1, -0.05) is 22.6 Å². The van der Waals surface area contributed by atoms with Gasteiger partial charge in [-0.25, -0.2) is 8.78 Å². The van der Waals surface area contributed by atoms with E-state index in [9.17, 15) is 48.3 Å². The molecule has 0 saturated carbocycles. The van der Waals surface area contributed by atoms with Crippen LogP contribution >= 0.6 is 22.6 Å². The summed E-state index contributed by atoms with van der Waals surface area (Å²) in [5, 5.41) is 0. The lowest BCUT2D eigenvalue weighted by atomic mass is 9.82. The van der Waals surface area contributed by atoms with Crippen molar-refractivity contribution in [1.82, 2.24) is 0 Å². The van der Waals surface area contributed by atoms with E-state index in [1.807, 2.05) is 0 Å². The number of halogens is 12. The zero-order chi connectivity index (χ0) is 18.9. The van der Waals surface area contributed by atoms with Crippen molar-refractivity contribution in [3.63, 3.8) is 0 Å². The molecule has 0 fully saturated rings. The third-order valence-corrected chi connectivity index (χ3v) is 3.87. The molecule has 0 aliphatic heterocycles. The molecule has 0 radical (unpaired) electrons. The minimum Gasteiger partial charge on any atom is -0.234 e. The van der Waals surface area contributed by atoms with E-state index in [0.29, 0.717) is 0 Å². The van der Waals surface area contributed by atoms with Gasteiger partial charge in [-0.2, -0.15) is 39.5 Å². The zero-order valence-corrected chi connectivity index (χ0v) is 13.6. The molecule has 0 aliphatic carbocycles. The van der Waals surface area contributed by atoms with Crippen molar-refractivity contribution < 1.29 is 48.3 Å². The van der Waals surface area contributed by atoms with Crippen molar-refractivity contribution in [2.45, 2.75) is 56.1 Å². The number of hydrogen-bond donors (Lipinski definition) is 0. The van der Waals surface area contributed by atoms with Crippen LogP contribution in [0, 0.1) is 5.92 Å². The molecule has 23 heavy (non-hydrogen) atoms. The van der Waals surface area contributed by atoms with Gasteiger partial charge in [0.2, 0.25) is 5.67 Å². The fourth-order valence-corrected chi connectivity index (χ4v) is 2.76. The van der Waals surface area contributed by atoms with Gasteiger partial charge >= 0.3 is 18.5 Å². The standard InChI is InChI=1S/C11H12F11I/c1-7(12,9(14,15)16)4-6(2-3-23)5-8(13,10(17,18)19)11(20,21)22/h6H,2-5H2,1H3. The minimum atomic E-state index is -6.38. The lowest BCUT2D eigenvalue weighted by molar-refractivity contribution is -0.347. The predicted octanol–water partition coefficient (Wildman–Crippen LogP) is 6.33. The normalized spacial score (nSPS) is 18.7. The molecule has 0 N–H and O–H groups in total. The maximum atomic E-state index is 13.6. The second-order valence-electron chi connectivity index (χ2n) is 5.24. The third kappa shape index (κ3) is 5.48. The minimum absolute atomic E-state index is 0.00567. The Hall–Kier alpha value is -0.0400. The summed E-state index contributed by atoms with van der Waals surface area (Å²) in [4.78, 5) is 0. The van der Waals surface area contributed by atoms with Crippen molar-refractivity contribution >= 4 is 22.6 Å². The van der Waals surface area contributed by atoms with Gasteiger partial charge in [0.15, 0.2) is 0 Å². The van der Waals surface area contributed by atoms with Gasteiger partial charge in [0, 0.05) is 6.42 Å². The third-order valence-electron chi connectivity index (χ3n) is 3.25. The quantitative estimate of drug-likeness (QED) is 0.237. The number of alkyl halides is 12. The number of rotatable bonds is 6. The van der Waals surface area contributed by atoms with Crippen LogP contribution in [0.2, 0.25) is 0 Å². The Morgan fingerprint density at radius 3 is 1.35 bits per heavy atom. The first-order valence-electron chi connectivity index (χ1n) is 6.03. The fourth-order valence-electron chi connectivity index (χ4n) is 1.88. The average Bonchev–Trinajstić information content (AvgIpc) is 2.23. The zero-order valence-electron chi connectivity index (χ0n) is 11.4.